The van der Waals surface area contributed by atoms with Crippen LogP contribution in [0.4, 0.5) is 0 Å². The van der Waals surface area contributed by atoms with Crippen LogP contribution in [0, 0.1) is 11.3 Å². The van der Waals surface area contributed by atoms with E-state index in [1.165, 1.54) is 101 Å². The molecule has 194 valence electrons. The van der Waals surface area contributed by atoms with Crippen LogP contribution in [-0.4, -0.2) is 6.71 Å². The van der Waals surface area contributed by atoms with E-state index in [0.29, 0.717) is 0 Å². The normalized spacial score (nSPS) is 13.0. The molecule has 0 spiro atoms. The molecule has 2 aromatic heterocycles. The first kappa shape index (κ1) is 22.6. The van der Waals surface area contributed by atoms with Gasteiger partial charge in [0.15, 0.2) is 0 Å². The number of nitriles is 1. The largest absolute Gasteiger partial charge is 0.244 e. The molecule has 11 rings (SSSR count). The van der Waals surface area contributed by atoms with Crippen molar-refractivity contribution in [2.75, 3.05) is 0 Å². The SMILES string of the molecule is N#Cc1cc2c3c(c1)-c1cc4c5ccccc5sc4c4cccc(c14)B3c1cccc3c1c-2cc1c2ccccc2sc31. The first-order chi connectivity index (χ1) is 21.3. The maximum absolute atomic E-state index is 10.3. The van der Waals surface area contributed by atoms with Gasteiger partial charge in [-0.3, -0.25) is 0 Å². The summed E-state index contributed by atoms with van der Waals surface area (Å²) < 4.78 is 5.34. The van der Waals surface area contributed by atoms with Crippen LogP contribution >= 0.6 is 22.7 Å². The highest BCUT2D eigenvalue weighted by Gasteiger charge is 2.39. The predicted octanol–water partition coefficient (Wildman–Crippen LogP) is 9.08. The summed E-state index contributed by atoms with van der Waals surface area (Å²) in [7, 11) is 0. The minimum atomic E-state index is 0.115. The molecule has 0 saturated heterocycles. The van der Waals surface area contributed by atoms with Gasteiger partial charge < -0.3 is 0 Å². The molecule has 1 nitrogen and oxygen atoms in total. The predicted molar refractivity (Wildman–Crippen MR) is 187 cm³/mol. The summed E-state index contributed by atoms with van der Waals surface area (Å²) in [6.45, 7) is 0.115. The van der Waals surface area contributed by atoms with Gasteiger partial charge in [0, 0.05) is 40.3 Å². The fraction of sp³-hybridized carbons (Fsp3) is 0. The second-order valence-corrected chi connectivity index (χ2v) is 14.0. The topological polar surface area (TPSA) is 23.8 Å². The van der Waals surface area contributed by atoms with Crippen LogP contribution in [0.25, 0.3) is 84.1 Å². The molecule has 0 N–H and O–H groups in total. The van der Waals surface area contributed by atoms with Crippen LogP contribution in [0.1, 0.15) is 5.56 Å². The van der Waals surface area contributed by atoms with Crippen molar-refractivity contribution in [2.45, 2.75) is 0 Å². The van der Waals surface area contributed by atoms with Gasteiger partial charge in [-0.25, -0.2) is 0 Å². The van der Waals surface area contributed by atoms with Crippen molar-refractivity contribution in [2.24, 2.45) is 0 Å². The molecular weight excluding hydrogens is 557 g/mol. The van der Waals surface area contributed by atoms with Crippen molar-refractivity contribution < 1.29 is 0 Å². The molecule has 2 aliphatic rings. The molecule has 9 aromatic rings. The van der Waals surface area contributed by atoms with Gasteiger partial charge in [0.2, 0.25) is 6.71 Å². The van der Waals surface area contributed by atoms with E-state index in [2.05, 4.69) is 115 Å². The van der Waals surface area contributed by atoms with E-state index in [4.69, 9.17) is 0 Å². The molecule has 0 bridgehead atoms. The van der Waals surface area contributed by atoms with Crippen LogP contribution in [0.5, 0.6) is 0 Å². The molecule has 43 heavy (non-hydrogen) atoms. The quantitative estimate of drug-likeness (QED) is 0.166. The van der Waals surface area contributed by atoms with Crippen LogP contribution in [0.15, 0.2) is 109 Å². The molecule has 7 aromatic carbocycles. The zero-order valence-corrected chi connectivity index (χ0v) is 24.4. The third-order valence-corrected chi connectivity index (χ3v) is 12.3. The average molecular weight is 576 g/mol. The Kier molecular flexibility index (Phi) is 4.06. The van der Waals surface area contributed by atoms with Crippen molar-refractivity contribution >= 4 is 108 Å². The van der Waals surface area contributed by atoms with Gasteiger partial charge in [-0.15, -0.1) is 22.7 Å². The van der Waals surface area contributed by atoms with E-state index in [-0.39, 0.29) is 6.71 Å². The Hall–Kier alpha value is -4.95. The van der Waals surface area contributed by atoms with Gasteiger partial charge >= 0.3 is 0 Å². The molecule has 0 atom stereocenters. The van der Waals surface area contributed by atoms with Gasteiger partial charge in [-0.05, 0) is 80.2 Å². The lowest BCUT2D eigenvalue weighted by molar-refractivity contribution is 1.49. The molecule has 4 heteroatoms. The summed E-state index contributed by atoms with van der Waals surface area (Å²) in [6.07, 6.45) is 0. The standard InChI is InChI=1S/C39H18BNS2/c41-19-20-15-27-25-17-29-21-7-1-3-13-33(21)42-38(29)23-9-5-11-31(35(23)25)40-32-12-6-10-24-36(32)26(28(16-20)37(27)40)18-30-22-8-2-4-14-34(22)43-39(24)30/h1-18H. The number of benzene rings is 7. The van der Waals surface area contributed by atoms with Crippen LogP contribution in [0.2, 0.25) is 0 Å². The molecule has 2 aliphatic heterocycles. The molecule has 0 radical (unpaired) electrons. The molecule has 0 aliphatic carbocycles. The Morgan fingerprint density at radius 3 is 1.49 bits per heavy atom. The van der Waals surface area contributed by atoms with Gasteiger partial charge in [-0.1, -0.05) is 89.2 Å². The Morgan fingerprint density at radius 1 is 0.488 bits per heavy atom. The Balaban J connectivity index is 1.38. The van der Waals surface area contributed by atoms with E-state index in [0.717, 1.165) is 5.56 Å². The summed E-state index contributed by atoms with van der Waals surface area (Å²) >= 11 is 3.79. The van der Waals surface area contributed by atoms with Crippen molar-refractivity contribution in [3.05, 3.63) is 115 Å². The van der Waals surface area contributed by atoms with Crippen molar-refractivity contribution in [1.82, 2.24) is 0 Å². The number of hydrogen-bond donors (Lipinski definition) is 0. The van der Waals surface area contributed by atoms with Crippen molar-refractivity contribution in [1.29, 1.82) is 5.26 Å². The minimum absolute atomic E-state index is 0.115. The maximum atomic E-state index is 10.3. The maximum Gasteiger partial charge on any atom is 0.244 e. The van der Waals surface area contributed by atoms with Gasteiger partial charge in [0.05, 0.1) is 11.6 Å². The number of hydrogen-bond acceptors (Lipinski definition) is 3. The lowest BCUT2D eigenvalue weighted by Gasteiger charge is -2.34. The highest BCUT2D eigenvalue weighted by molar-refractivity contribution is 7.27. The van der Waals surface area contributed by atoms with Crippen LogP contribution in [-0.2, 0) is 0 Å². The molecule has 4 heterocycles. The van der Waals surface area contributed by atoms with Gasteiger partial charge in [-0.2, -0.15) is 5.26 Å². The fourth-order valence-corrected chi connectivity index (χ4v) is 10.7. The van der Waals surface area contributed by atoms with E-state index >= 15 is 0 Å². The fourth-order valence-electron chi connectivity index (χ4n) is 8.23. The lowest BCUT2D eigenvalue weighted by atomic mass is 9.31. The summed E-state index contributed by atoms with van der Waals surface area (Å²) in [4.78, 5) is 0. The number of nitrogens with zero attached hydrogens (tertiary/aromatic N) is 1. The number of rotatable bonds is 0. The third-order valence-electron chi connectivity index (χ3n) is 9.87. The lowest BCUT2D eigenvalue weighted by Crippen LogP contribution is -2.57. The van der Waals surface area contributed by atoms with Gasteiger partial charge in [0.1, 0.15) is 0 Å². The highest BCUT2D eigenvalue weighted by Crippen LogP contribution is 2.47. The molecular formula is C39H18BNS2. The minimum Gasteiger partial charge on any atom is -0.192 e. The second-order valence-electron chi connectivity index (χ2n) is 11.9. The van der Waals surface area contributed by atoms with Crippen LogP contribution in [0.3, 0.4) is 0 Å². The summed E-state index contributed by atoms with van der Waals surface area (Å²) in [5.74, 6) is 0. The monoisotopic (exact) mass is 575 g/mol. The average Bonchev–Trinajstić information content (AvgIpc) is 3.63. The Labute approximate surface area is 254 Å². The number of fused-ring (bicyclic) bond motifs is 12. The first-order valence-corrected chi connectivity index (χ1v) is 16.2. The van der Waals surface area contributed by atoms with E-state index in [1.807, 2.05) is 22.7 Å². The van der Waals surface area contributed by atoms with Crippen molar-refractivity contribution in [3.8, 4) is 28.3 Å². The Morgan fingerprint density at radius 2 is 0.977 bits per heavy atom. The first-order valence-electron chi connectivity index (χ1n) is 14.6. The Bertz CT molecular complexity index is 2630. The second kappa shape index (κ2) is 7.71. The highest BCUT2D eigenvalue weighted by atomic mass is 32.1. The van der Waals surface area contributed by atoms with Crippen molar-refractivity contribution in [3.63, 3.8) is 0 Å². The van der Waals surface area contributed by atoms with Gasteiger partial charge in [0.25, 0.3) is 0 Å². The van der Waals surface area contributed by atoms with Crippen LogP contribution < -0.4 is 16.4 Å². The zero-order chi connectivity index (χ0) is 28.0. The van der Waals surface area contributed by atoms with E-state index < -0.39 is 0 Å². The molecule has 0 saturated carbocycles. The molecule has 0 fully saturated rings. The zero-order valence-electron chi connectivity index (χ0n) is 22.7. The smallest absolute Gasteiger partial charge is 0.192 e. The summed E-state index contributed by atoms with van der Waals surface area (Å²) in [5, 5.41) is 20.9. The summed E-state index contributed by atoms with van der Waals surface area (Å²) in [5.41, 5.74) is 9.73. The third kappa shape index (κ3) is 2.65. The molecule has 0 amide bonds. The van der Waals surface area contributed by atoms with E-state index in [9.17, 15) is 5.26 Å². The van der Waals surface area contributed by atoms with E-state index in [1.54, 1.807) is 0 Å². The summed E-state index contributed by atoms with van der Waals surface area (Å²) in [6, 6.07) is 43.0. The number of thiophene rings is 2. The molecule has 0 unspecified atom stereocenters.